The minimum absolute atomic E-state index is 0.233. The van der Waals surface area contributed by atoms with E-state index >= 15 is 0 Å². The van der Waals surface area contributed by atoms with E-state index < -0.39 is 5.97 Å². The third-order valence-corrected chi connectivity index (χ3v) is 2.97. The van der Waals surface area contributed by atoms with Crippen LogP contribution in [0.4, 0.5) is 5.69 Å². The molecule has 0 fully saturated rings. The minimum Gasteiger partial charge on any atom is -0.478 e. The number of carbonyl (C=O) groups is 1. The highest BCUT2D eigenvalue weighted by Crippen LogP contribution is 2.19. The van der Waals surface area contributed by atoms with Crippen LogP contribution in [0.15, 0.2) is 30.5 Å². The molecule has 0 atom stereocenters. The summed E-state index contributed by atoms with van der Waals surface area (Å²) in [6.07, 6.45) is 2.49. The van der Waals surface area contributed by atoms with E-state index in [1.807, 2.05) is 25.1 Å². The van der Waals surface area contributed by atoms with Crippen LogP contribution in [-0.4, -0.2) is 27.6 Å². The van der Waals surface area contributed by atoms with Crippen molar-refractivity contribution in [3.05, 3.63) is 53.1 Å². The topological polar surface area (TPSA) is 75.1 Å². The van der Waals surface area contributed by atoms with E-state index in [2.05, 4.69) is 15.3 Å². The molecular formula is C15H17N3O2. The molecule has 2 aromatic heterocycles. The van der Waals surface area contributed by atoms with E-state index in [0.717, 1.165) is 17.8 Å². The van der Waals surface area contributed by atoms with Crippen LogP contribution in [-0.2, 0) is 6.42 Å². The molecule has 0 spiro atoms. The lowest BCUT2D eigenvalue weighted by atomic mass is 10.1. The molecule has 5 nitrogen and oxygen atoms in total. The fourth-order valence-corrected chi connectivity index (χ4v) is 2.11. The zero-order valence-electron chi connectivity index (χ0n) is 11.6. The number of hydrogen-bond acceptors (Lipinski definition) is 4. The number of pyridine rings is 2. The number of nitrogens with zero attached hydrogens (tertiary/aromatic N) is 2. The van der Waals surface area contributed by atoms with Crippen molar-refractivity contribution >= 4 is 11.7 Å². The lowest BCUT2D eigenvalue weighted by Gasteiger charge is -2.12. The Morgan fingerprint density at radius 2 is 2.15 bits per heavy atom. The second-order valence-electron chi connectivity index (χ2n) is 4.57. The predicted octanol–water partition coefficient (Wildman–Crippen LogP) is 2.45. The van der Waals surface area contributed by atoms with Crippen LogP contribution in [0.5, 0.6) is 0 Å². The summed E-state index contributed by atoms with van der Waals surface area (Å²) in [5.74, 6) is -0.963. The number of aromatic nitrogens is 2. The van der Waals surface area contributed by atoms with Crippen molar-refractivity contribution in [2.24, 2.45) is 0 Å². The normalized spacial score (nSPS) is 10.3. The van der Waals surface area contributed by atoms with Crippen molar-refractivity contribution in [3.8, 4) is 0 Å². The summed E-state index contributed by atoms with van der Waals surface area (Å²) < 4.78 is 0. The van der Waals surface area contributed by atoms with Gasteiger partial charge in [0.1, 0.15) is 5.56 Å². The number of rotatable bonds is 5. The standard InChI is InChI=1S/C15H17N3O2/c1-10-9-13(14(15(19)20)11(2)18-10)17-8-6-12-5-3-4-7-16-12/h3-5,7,9H,6,8H2,1-2H3,(H,17,18)(H,19,20). The molecule has 0 aliphatic rings. The lowest BCUT2D eigenvalue weighted by molar-refractivity contribution is 0.0696. The molecular weight excluding hydrogens is 254 g/mol. The van der Waals surface area contributed by atoms with Gasteiger partial charge in [-0.1, -0.05) is 6.07 Å². The average molecular weight is 271 g/mol. The van der Waals surface area contributed by atoms with E-state index in [1.54, 1.807) is 19.2 Å². The third-order valence-electron chi connectivity index (χ3n) is 2.97. The van der Waals surface area contributed by atoms with Gasteiger partial charge in [-0.05, 0) is 32.0 Å². The molecule has 5 heteroatoms. The highest BCUT2D eigenvalue weighted by Gasteiger charge is 2.14. The number of nitrogens with one attached hydrogen (secondary N) is 1. The smallest absolute Gasteiger partial charge is 0.339 e. The molecule has 0 amide bonds. The first-order chi connectivity index (χ1) is 9.58. The summed E-state index contributed by atoms with van der Waals surface area (Å²) in [4.78, 5) is 19.7. The predicted molar refractivity (Wildman–Crippen MR) is 77.1 cm³/mol. The summed E-state index contributed by atoms with van der Waals surface area (Å²) in [6, 6.07) is 7.51. The van der Waals surface area contributed by atoms with Crippen LogP contribution in [0.25, 0.3) is 0 Å². The number of carboxylic acid groups (broad SMARTS) is 1. The molecule has 0 aliphatic carbocycles. The number of anilines is 1. The fourth-order valence-electron chi connectivity index (χ4n) is 2.11. The Morgan fingerprint density at radius 3 is 2.80 bits per heavy atom. The maximum atomic E-state index is 11.3. The highest BCUT2D eigenvalue weighted by molar-refractivity contribution is 5.95. The van der Waals surface area contributed by atoms with Gasteiger partial charge in [-0.2, -0.15) is 0 Å². The molecule has 20 heavy (non-hydrogen) atoms. The van der Waals surface area contributed by atoms with Crippen molar-refractivity contribution in [1.82, 2.24) is 9.97 Å². The monoisotopic (exact) mass is 271 g/mol. The quantitative estimate of drug-likeness (QED) is 0.873. The SMILES string of the molecule is Cc1cc(NCCc2ccccn2)c(C(=O)O)c(C)n1. The molecule has 0 bridgehead atoms. The number of hydrogen-bond donors (Lipinski definition) is 2. The average Bonchev–Trinajstić information content (AvgIpc) is 2.38. The highest BCUT2D eigenvalue weighted by atomic mass is 16.4. The van der Waals surface area contributed by atoms with Gasteiger partial charge in [0.2, 0.25) is 0 Å². The van der Waals surface area contributed by atoms with Crippen LogP contribution in [0, 0.1) is 13.8 Å². The Labute approximate surface area is 117 Å². The van der Waals surface area contributed by atoms with E-state index in [1.165, 1.54) is 0 Å². The number of aromatic carboxylic acids is 1. The van der Waals surface area contributed by atoms with E-state index in [0.29, 0.717) is 17.9 Å². The van der Waals surface area contributed by atoms with Gasteiger partial charge in [-0.3, -0.25) is 9.97 Å². The van der Waals surface area contributed by atoms with E-state index in [4.69, 9.17) is 0 Å². The number of aryl methyl sites for hydroxylation is 2. The number of carboxylic acids is 1. The zero-order chi connectivity index (χ0) is 14.5. The molecule has 0 saturated heterocycles. The van der Waals surface area contributed by atoms with Gasteiger partial charge in [0.25, 0.3) is 0 Å². The summed E-state index contributed by atoms with van der Waals surface area (Å²) in [7, 11) is 0. The van der Waals surface area contributed by atoms with Gasteiger partial charge >= 0.3 is 5.97 Å². The lowest BCUT2D eigenvalue weighted by Crippen LogP contribution is -2.12. The first-order valence-electron chi connectivity index (χ1n) is 6.43. The second-order valence-corrected chi connectivity index (χ2v) is 4.57. The maximum Gasteiger partial charge on any atom is 0.339 e. The molecule has 2 N–H and O–H groups in total. The molecule has 0 radical (unpaired) electrons. The zero-order valence-corrected chi connectivity index (χ0v) is 11.6. The van der Waals surface area contributed by atoms with Gasteiger partial charge in [-0.15, -0.1) is 0 Å². The summed E-state index contributed by atoms with van der Waals surface area (Å²) in [5, 5.41) is 12.4. The van der Waals surface area contributed by atoms with Gasteiger partial charge in [-0.25, -0.2) is 4.79 Å². The summed E-state index contributed by atoms with van der Waals surface area (Å²) in [6.45, 7) is 4.18. The summed E-state index contributed by atoms with van der Waals surface area (Å²) in [5.41, 5.74) is 3.14. The maximum absolute atomic E-state index is 11.3. The van der Waals surface area contributed by atoms with Gasteiger partial charge in [0.15, 0.2) is 0 Å². The Kier molecular flexibility index (Phi) is 4.30. The Morgan fingerprint density at radius 1 is 1.35 bits per heavy atom. The van der Waals surface area contributed by atoms with Gasteiger partial charge < -0.3 is 10.4 Å². The van der Waals surface area contributed by atoms with Gasteiger partial charge in [0.05, 0.1) is 11.4 Å². The van der Waals surface area contributed by atoms with Crippen LogP contribution in [0.3, 0.4) is 0 Å². The first-order valence-corrected chi connectivity index (χ1v) is 6.43. The third kappa shape index (κ3) is 3.32. The Bertz CT molecular complexity index is 612. The molecule has 104 valence electrons. The Hall–Kier alpha value is -2.43. The van der Waals surface area contributed by atoms with Crippen molar-refractivity contribution in [2.45, 2.75) is 20.3 Å². The fraction of sp³-hybridized carbons (Fsp3) is 0.267. The Balaban J connectivity index is 2.11. The van der Waals surface area contributed by atoms with Crippen molar-refractivity contribution in [1.29, 1.82) is 0 Å². The van der Waals surface area contributed by atoms with E-state index in [-0.39, 0.29) is 5.56 Å². The first kappa shape index (κ1) is 14.0. The summed E-state index contributed by atoms with van der Waals surface area (Å²) >= 11 is 0. The van der Waals surface area contributed by atoms with Crippen LogP contribution in [0.2, 0.25) is 0 Å². The molecule has 0 aliphatic heterocycles. The molecule has 0 aromatic carbocycles. The molecule has 0 unspecified atom stereocenters. The largest absolute Gasteiger partial charge is 0.478 e. The minimum atomic E-state index is -0.963. The van der Waals surface area contributed by atoms with Crippen molar-refractivity contribution < 1.29 is 9.90 Å². The molecule has 2 heterocycles. The van der Waals surface area contributed by atoms with E-state index in [9.17, 15) is 9.90 Å². The van der Waals surface area contributed by atoms with Crippen LogP contribution in [0.1, 0.15) is 27.4 Å². The second kappa shape index (κ2) is 6.14. The van der Waals surface area contributed by atoms with Crippen LogP contribution >= 0.6 is 0 Å². The molecule has 0 saturated carbocycles. The van der Waals surface area contributed by atoms with Gasteiger partial charge in [0, 0.05) is 30.6 Å². The van der Waals surface area contributed by atoms with Crippen LogP contribution < -0.4 is 5.32 Å². The molecule has 2 aromatic rings. The molecule has 2 rings (SSSR count). The van der Waals surface area contributed by atoms with Crippen molar-refractivity contribution in [3.63, 3.8) is 0 Å². The van der Waals surface area contributed by atoms with Crippen molar-refractivity contribution in [2.75, 3.05) is 11.9 Å².